The molecule has 24 heavy (non-hydrogen) atoms. The second kappa shape index (κ2) is 5.74. The predicted octanol–water partition coefficient (Wildman–Crippen LogP) is 2.95. The first-order valence-electron chi connectivity index (χ1n) is 8.77. The van der Waals surface area contributed by atoms with Crippen molar-refractivity contribution in [1.29, 1.82) is 0 Å². The highest BCUT2D eigenvalue weighted by atomic mass is 16.1. The van der Waals surface area contributed by atoms with Crippen molar-refractivity contribution in [3.8, 4) is 0 Å². The number of benzene rings is 1. The lowest BCUT2D eigenvalue weighted by molar-refractivity contribution is 0.188. The van der Waals surface area contributed by atoms with Crippen LogP contribution in [-0.4, -0.2) is 27.2 Å². The Hall–Kier alpha value is -2.14. The zero-order chi connectivity index (χ0) is 16.8. The standard InChI is InChI=1S/C19H24N4O/c1-4-17-14(3)20-19-22(16-7-5-13(2)6-8-16)11-21(15-9-10-15)12-23(19)18(17)24/h5-8,15H,4,9-12H2,1-3H3. The van der Waals surface area contributed by atoms with Crippen molar-refractivity contribution in [3.05, 3.63) is 51.4 Å². The minimum Gasteiger partial charge on any atom is -0.298 e. The Bertz CT molecular complexity index is 820. The van der Waals surface area contributed by atoms with Crippen LogP contribution in [0.25, 0.3) is 0 Å². The second-order valence-electron chi connectivity index (χ2n) is 6.93. The third-order valence-corrected chi connectivity index (χ3v) is 5.10. The van der Waals surface area contributed by atoms with Gasteiger partial charge in [0.15, 0.2) is 0 Å². The highest BCUT2D eigenvalue weighted by molar-refractivity contribution is 5.59. The first-order chi connectivity index (χ1) is 11.6. The molecule has 5 heteroatoms. The summed E-state index contributed by atoms with van der Waals surface area (Å²) in [6, 6.07) is 9.06. The number of rotatable bonds is 3. The van der Waals surface area contributed by atoms with E-state index in [0.29, 0.717) is 12.7 Å². The summed E-state index contributed by atoms with van der Waals surface area (Å²) in [5.74, 6) is 0.774. The quantitative estimate of drug-likeness (QED) is 0.870. The van der Waals surface area contributed by atoms with Gasteiger partial charge in [-0.15, -0.1) is 0 Å². The molecular weight excluding hydrogens is 300 g/mol. The molecule has 0 atom stereocenters. The minimum absolute atomic E-state index is 0.113. The van der Waals surface area contributed by atoms with E-state index in [1.54, 1.807) is 0 Å². The lowest BCUT2D eigenvalue weighted by Gasteiger charge is -2.38. The molecule has 0 N–H and O–H groups in total. The van der Waals surface area contributed by atoms with Crippen molar-refractivity contribution in [1.82, 2.24) is 14.5 Å². The number of hydrogen-bond acceptors (Lipinski definition) is 4. The Balaban J connectivity index is 1.85. The predicted molar refractivity (Wildman–Crippen MR) is 95.7 cm³/mol. The van der Waals surface area contributed by atoms with Crippen LogP contribution in [0.2, 0.25) is 0 Å². The van der Waals surface area contributed by atoms with E-state index in [1.165, 1.54) is 18.4 Å². The summed E-state index contributed by atoms with van der Waals surface area (Å²) in [5.41, 5.74) is 4.13. The molecular formula is C19H24N4O. The molecule has 2 heterocycles. The normalized spacial score (nSPS) is 17.9. The van der Waals surface area contributed by atoms with E-state index < -0.39 is 0 Å². The van der Waals surface area contributed by atoms with E-state index >= 15 is 0 Å². The van der Waals surface area contributed by atoms with Crippen LogP contribution in [0.4, 0.5) is 11.6 Å². The molecule has 0 saturated heterocycles. The van der Waals surface area contributed by atoms with Gasteiger partial charge in [-0.3, -0.25) is 19.2 Å². The Morgan fingerprint density at radius 2 is 1.83 bits per heavy atom. The van der Waals surface area contributed by atoms with Crippen molar-refractivity contribution in [3.63, 3.8) is 0 Å². The van der Waals surface area contributed by atoms with Gasteiger partial charge in [-0.1, -0.05) is 24.6 Å². The topological polar surface area (TPSA) is 41.4 Å². The molecule has 2 aliphatic rings. The van der Waals surface area contributed by atoms with E-state index in [-0.39, 0.29) is 5.56 Å². The summed E-state index contributed by atoms with van der Waals surface area (Å²) in [6.07, 6.45) is 3.18. The molecule has 0 unspecified atom stereocenters. The summed E-state index contributed by atoms with van der Waals surface area (Å²) in [7, 11) is 0. The fourth-order valence-electron chi connectivity index (χ4n) is 3.49. The highest BCUT2D eigenvalue weighted by Gasteiger charge is 2.35. The Kier molecular flexibility index (Phi) is 3.68. The maximum Gasteiger partial charge on any atom is 0.259 e. The van der Waals surface area contributed by atoms with Crippen LogP contribution < -0.4 is 10.5 Å². The summed E-state index contributed by atoms with van der Waals surface area (Å²) < 4.78 is 1.85. The molecule has 0 amide bonds. The van der Waals surface area contributed by atoms with Gasteiger partial charge in [-0.05, 0) is 45.2 Å². The van der Waals surface area contributed by atoms with Crippen molar-refractivity contribution < 1.29 is 0 Å². The van der Waals surface area contributed by atoms with Crippen LogP contribution in [0.15, 0.2) is 29.1 Å². The molecule has 1 aromatic carbocycles. The summed E-state index contributed by atoms with van der Waals surface area (Å²) in [4.78, 5) is 22.3. The zero-order valence-electron chi connectivity index (χ0n) is 14.6. The molecule has 1 aliphatic heterocycles. The van der Waals surface area contributed by atoms with Gasteiger partial charge in [-0.25, -0.2) is 4.98 Å². The van der Waals surface area contributed by atoms with Crippen LogP contribution in [0, 0.1) is 13.8 Å². The zero-order valence-corrected chi connectivity index (χ0v) is 14.6. The number of nitrogens with zero attached hydrogens (tertiary/aromatic N) is 4. The highest BCUT2D eigenvalue weighted by Crippen LogP contribution is 2.34. The van der Waals surface area contributed by atoms with Crippen molar-refractivity contribution in [2.45, 2.75) is 52.7 Å². The Morgan fingerprint density at radius 3 is 2.46 bits per heavy atom. The molecule has 1 saturated carbocycles. The van der Waals surface area contributed by atoms with E-state index in [1.807, 2.05) is 18.4 Å². The maximum atomic E-state index is 13.0. The van der Waals surface area contributed by atoms with Crippen LogP contribution in [0.3, 0.4) is 0 Å². The molecule has 126 valence electrons. The molecule has 5 nitrogen and oxygen atoms in total. The van der Waals surface area contributed by atoms with Gasteiger partial charge in [0, 0.05) is 23.0 Å². The number of hydrogen-bond donors (Lipinski definition) is 0. The fourth-order valence-corrected chi connectivity index (χ4v) is 3.49. The number of aromatic nitrogens is 2. The molecule has 1 aliphatic carbocycles. The van der Waals surface area contributed by atoms with Gasteiger partial charge < -0.3 is 0 Å². The fraction of sp³-hybridized carbons (Fsp3) is 0.474. The van der Waals surface area contributed by atoms with Crippen LogP contribution >= 0.6 is 0 Å². The van der Waals surface area contributed by atoms with Gasteiger partial charge in [-0.2, -0.15) is 0 Å². The SMILES string of the molecule is CCc1c(C)nc2n(c1=O)CN(C1CC1)CN2c1ccc(C)cc1. The van der Waals surface area contributed by atoms with Gasteiger partial charge in [0.25, 0.3) is 5.56 Å². The lowest BCUT2D eigenvalue weighted by atomic mass is 10.2. The smallest absolute Gasteiger partial charge is 0.259 e. The minimum atomic E-state index is 0.113. The van der Waals surface area contributed by atoms with Gasteiger partial charge >= 0.3 is 0 Å². The molecule has 0 radical (unpaired) electrons. The average Bonchev–Trinajstić information content (AvgIpc) is 3.40. The summed E-state index contributed by atoms with van der Waals surface area (Å²) >= 11 is 0. The molecule has 4 rings (SSSR count). The summed E-state index contributed by atoms with van der Waals surface area (Å²) in [6.45, 7) is 7.51. The van der Waals surface area contributed by atoms with Crippen LogP contribution in [0.1, 0.15) is 36.6 Å². The molecule has 1 fully saturated rings. The largest absolute Gasteiger partial charge is 0.298 e. The van der Waals surface area contributed by atoms with Crippen molar-refractivity contribution in [2.24, 2.45) is 0 Å². The molecule has 1 aromatic heterocycles. The van der Waals surface area contributed by atoms with E-state index in [9.17, 15) is 4.79 Å². The Labute approximate surface area is 142 Å². The maximum absolute atomic E-state index is 13.0. The number of fused-ring (bicyclic) bond motifs is 1. The van der Waals surface area contributed by atoms with Crippen molar-refractivity contribution in [2.75, 3.05) is 11.6 Å². The molecule has 0 bridgehead atoms. The second-order valence-corrected chi connectivity index (χ2v) is 6.93. The first kappa shape index (κ1) is 15.4. The van der Waals surface area contributed by atoms with E-state index in [0.717, 1.165) is 36.0 Å². The average molecular weight is 324 g/mol. The third-order valence-electron chi connectivity index (χ3n) is 5.10. The van der Waals surface area contributed by atoms with Gasteiger partial charge in [0.1, 0.15) is 0 Å². The van der Waals surface area contributed by atoms with E-state index in [4.69, 9.17) is 4.98 Å². The third kappa shape index (κ3) is 2.53. The van der Waals surface area contributed by atoms with Crippen LogP contribution in [0.5, 0.6) is 0 Å². The Morgan fingerprint density at radius 1 is 1.12 bits per heavy atom. The van der Waals surface area contributed by atoms with Crippen LogP contribution in [-0.2, 0) is 13.1 Å². The summed E-state index contributed by atoms with van der Waals surface area (Å²) in [5, 5.41) is 0. The van der Waals surface area contributed by atoms with E-state index in [2.05, 4.69) is 41.0 Å². The molecule has 2 aromatic rings. The first-order valence-corrected chi connectivity index (χ1v) is 8.77. The number of aryl methyl sites for hydroxylation is 2. The van der Waals surface area contributed by atoms with Crippen molar-refractivity contribution >= 4 is 11.6 Å². The molecule has 0 spiro atoms. The van der Waals surface area contributed by atoms with Gasteiger partial charge in [0.2, 0.25) is 5.95 Å². The number of anilines is 2. The van der Waals surface area contributed by atoms with Gasteiger partial charge in [0.05, 0.1) is 13.3 Å². The lowest BCUT2D eigenvalue weighted by Crippen LogP contribution is -2.48. The monoisotopic (exact) mass is 324 g/mol.